The maximum Gasteiger partial charge on any atom is 0.263 e. The number of hydrogen-bond donors (Lipinski definition) is 0. The first-order valence-corrected chi connectivity index (χ1v) is 11.0. The van der Waals surface area contributed by atoms with Gasteiger partial charge in [0.15, 0.2) is 15.9 Å². The van der Waals surface area contributed by atoms with Crippen molar-refractivity contribution in [2.75, 3.05) is 18.1 Å². The van der Waals surface area contributed by atoms with E-state index in [0.29, 0.717) is 23.2 Å². The lowest BCUT2D eigenvalue weighted by molar-refractivity contribution is -0.140. The second kappa shape index (κ2) is 8.49. The van der Waals surface area contributed by atoms with Crippen LogP contribution in [0.5, 0.6) is 5.75 Å². The molecule has 1 fully saturated rings. The van der Waals surface area contributed by atoms with Crippen LogP contribution in [0.15, 0.2) is 22.7 Å². The van der Waals surface area contributed by atoms with Gasteiger partial charge in [-0.3, -0.25) is 4.79 Å². The molecule has 1 aromatic carbocycles. The van der Waals surface area contributed by atoms with Gasteiger partial charge in [0.25, 0.3) is 5.91 Å². The third-order valence-corrected chi connectivity index (χ3v) is 6.60. The smallest absolute Gasteiger partial charge is 0.263 e. The van der Waals surface area contributed by atoms with Gasteiger partial charge in [-0.15, -0.1) is 0 Å². The Bertz CT molecular complexity index is 725. The number of carbonyl (C=O) groups excluding carboxylic acids is 1. The van der Waals surface area contributed by atoms with E-state index in [9.17, 15) is 17.6 Å². The Morgan fingerprint density at radius 3 is 2.76 bits per heavy atom. The van der Waals surface area contributed by atoms with Crippen LogP contribution in [0.3, 0.4) is 0 Å². The van der Waals surface area contributed by atoms with Gasteiger partial charge >= 0.3 is 0 Å². The SMILES string of the molecule is CCCCN(C(=O)C(C)Oc1ccc(F)cc1Br)C1CCS(=O)(=O)C1. The van der Waals surface area contributed by atoms with Gasteiger partial charge in [0.1, 0.15) is 11.6 Å². The molecule has 0 aliphatic carbocycles. The summed E-state index contributed by atoms with van der Waals surface area (Å²) in [6.45, 7) is 4.15. The van der Waals surface area contributed by atoms with E-state index in [0.717, 1.165) is 12.8 Å². The van der Waals surface area contributed by atoms with Gasteiger partial charge in [-0.05, 0) is 53.9 Å². The van der Waals surface area contributed by atoms with Crippen LogP contribution in [0.4, 0.5) is 4.39 Å². The second-order valence-electron chi connectivity index (χ2n) is 6.28. The summed E-state index contributed by atoms with van der Waals surface area (Å²) in [7, 11) is -3.08. The van der Waals surface area contributed by atoms with Crippen LogP contribution in [-0.2, 0) is 14.6 Å². The van der Waals surface area contributed by atoms with Crippen LogP contribution < -0.4 is 4.74 Å². The van der Waals surface area contributed by atoms with Crippen molar-refractivity contribution in [1.29, 1.82) is 0 Å². The number of sulfone groups is 1. The van der Waals surface area contributed by atoms with Gasteiger partial charge in [-0.2, -0.15) is 0 Å². The van der Waals surface area contributed by atoms with Gasteiger partial charge in [-0.1, -0.05) is 13.3 Å². The van der Waals surface area contributed by atoms with Crippen LogP contribution in [-0.4, -0.2) is 49.4 Å². The fraction of sp³-hybridized carbons (Fsp3) is 0.588. The molecule has 0 radical (unpaired) electrons. The number of benzene rings is 1. The zero-order chi connectivity index (χ0) is 18.6. The molecule has 1 amide bonds. The Kier molecular flexibility index (Phi) is 6.85. The molecule has 1 heterocycles. The van der Waals surface area contributed by atoms with Crippen molar-refractivity contribution in [2.24, 2.45) is 0 Å². The summed E-state index contributed by atoms with van der Waals surface area (Å²) in [5.41, 5.74) is 0. The first kappa shape index (κ1) is 20.2. The third kappa shape index (κ3) is 5.41. The van der Waals surface area contributed by atoms with Crippen molar-refractivity contribution < 1.29 is 22.3 Å². The molecular weight excluding hydrogens is 413 g/mol. The minimum atomic E-state index is -3.08. The number of carbonyl (C=O) groups is 1. The standard InChI is InChI=1S/C17H23BrFNO4S/c1-3-4-8-20(14-7-9-25(22,23)11-14)17(21)12(2)24-16-6-5-13(19)10-15(16)18/h5-6,10,12,14H,3-4,7-9,11H2,1-2H3. The van der Waals surface area contributed by atoms with Crippen LogP contribution >= 0.6 is 15.9 Å². The Balaban J connectivity index is 2.11. The lowest BCUT2D eigenvalue weighted by atomic mass is 10.1. The van der Waals surface area contributed by atoms with Gasteiger partial charge < -0.3 is 9.64 Å². The molecule has 2 unspecified atom stereocenters. The summed E-state index contributed by atoms with van der Waals surface area (Å²) in [6, 6.07) is 3.69. The zero-order valence-corrected chi connectivity index (χ0v) is 16.8. The fourth-order valence-corrected chi connectivity index (χ4v) is 5.04. The molecule has 0 saturated carbocycles. The largest absolute Gasteiger partial charge is 0.480 e. The number of hydrogen-bond acceptors (Lipinski definition) is 4. The lowest BCUT2D eigenvalue weighted by Gasteiger charge is -2.31. The minimum absolute atomic E-state index is 0.00934. The first-order valence-electron chi connectivity index (χ1n) is 8.36. The van der Waals surface area contributed by atoms with Crippen LogP contribution in [0, 0.1) is 5.82 Å². The summed E-state index contributed by atoms with van der Waals surface area (Å²) in [5, 5.41) is 0. The molecular formula is C17H23BrFNO4S. The average Bonchev–Trinajstić information content (AvgIpc) is 2.90. The minimum Gasteiger partial charge on any atom is -0.480 e. The maximum absolute atomic E-state index is 13.2. The van der Waals surface area contributed by atoms with Crippen molar-refractivity contribution in [3.63, 3.8) is 0 Å². The molecule has 2 atom stereocenters. The van der Waals surface area contributed by atoms with Gasteiger partial charge in [0, 0.05) is 12.6 Å². The van der Waals surface area contributed by atoms with Crippen molar-refractivity contribution in [3.8, 4) is 5.75 Å². The van der Waals surface area contributed by atoms with Gasteiger partial charge in [0.05, 0.1) is 16.0 Å². The van der Waals surface area contributed by atoms with E-state index < -0.39 is 21.8 Å². The number of halogens is 2. The second-order valence-corrected chi connectivity index (χ2v) is 9.36. The number of nitrogens with zero attached hydrogens (tertiary/aromatic N) is 1. The van der Waals surface area contributed by atoms with Crippen molar-refractivity contribution in [1.82, 2.24) is 4.90 Å². The van der Waals surface area contributed by atoms with Crippen LogP contribution in [0.2, 0.25) is 0 Å². The van der Waals surface area contributed by atoms with Crippen molar-refractivity contribution in [3.05, 3.63) is 28.5 Å². The highest BCUT2D eigenvalue weighted by molar-refractivity contribution is 9.10. The molecule has 2 rings (SSSR count). The molecule has 1 aromatic rings. The molecule has 5 nitrogen and oxygen atoms in total. The van der Waals surface area contributed by atoms with E-state index in [4.69, 9.17) is 4.74 Å². The molecule has 1 aliphatic rings. The third-order valence-electron chi connectivity index (χ3n) is 4.23. The predicted octanol–water partition coefficient (Wildman–Crippen LogP) is 3.17. The van der Waals surface area contributed by atoms with Crippen molar-refractivity contribution in [2.45, 2.75) is 45.3 Å². The fourth-order valence-electron chi connectivity index (χ4n) is 2.87. The average molecular weight is 436 g/mol. The Morgan fingerprint density at radius 2 is 2.20 bits per heavy atom. The lowest BCUT2D eigenvalue weighted by Crippen LogP contribution is -2.47. The zero-order valence-electron chi connectivity index (χ0n) is 14.4. The van der Waals surface area contributed by atoms with Gasteiger partial charge in [-0.25, -0.2) is 12.8 Å². The number of rotatable bonds is 7. The molecule has 0 spiro atoms. The van der Waals surface area contributed by atoms with Gasteiger partial charge in [0.2, 0.25) is 0 Å². The summed E-state index contributed by atoms with van der Waals surface area (Å²) >= 11 is 3.22. The highest BCUT2D eigenvalue weighted by Crippen LogP contribution is 2.27. The van der Waals surface area contributed by atoms with Crippen LogP contribution in [0.25, 0.3) is 0 Å². The molecule has 8 heteroatoms. The summed E-state index contributed by atoms with van der Waals surface area (Å²) in [6.07, 6.45) is 1.38. The van der Waals surface area contributed by atoms with Crippen molar-refractivity contribution >= 4 is 31.7 Å². The quantitative estimate of drug-likeness (QED) is 0.659. The first-order chi connectivity index (χ1) is 11.7. The van der Waals surface area contributed by atoms with Crippen LogP contribution in [0.1, 0.15) is 33.1 Å². The van der Waals surface area contributed by atoms with E-state index in [1.807, 2.05) is 6.92 Å². The highest BCUT2D eigenvalue weighted by Gasteiger charge is 2.36. The van der Waals surface area contributed by atoms with E-state index >= 15 is 0 Å². The number of unbranched alkanes of at least 4 members (excludes halogenated alkanes) is 1. The normalized spacial score (nSPS) is 20.2. The molecule has 1 aliphatic heterocycles. The topological polar surface area (TPSA) is 63.7 Å². The van der Waals surface area contributed by atoms with E-state index in [1.54, 1.807) is 11.8 Å². The maximum atomic E-state index is 13.2. The summed E-state index contributed by atoms with van der Waals surface area (Å²) in [5.74, 6) is -0.149. The monoisotopic (exact) mass is 435 g/mol. The summed E-state index contributed by atoms with van der Waals surface area (Å²) in [4.78, 5) is 14.5. The molecule has 0 aromatic heterocycles. The van der Waals surface area contributed by atoms with E-state index in [1.165, 1.54) is 18.2 Å². The molecule has 1 saturated heterocycles. The Hall–Kier alpha value is -1.15. The highest BCUT2D eigenvalue weighted by atomic mass is 79.9. The molecule has 0 bridgehead atoms. The predicted molar refractivity (Wildman–Crippen MR) is 97.9 cm³/mol. The summed E-state index contributed by atoms with van der Waals surface area (Å²) < 4.78 is 42.8. The molecule has 140 valence electrons. The molecule has 25 heavy (non-hydrogen) atoms. The number of amides is 1. The molecule has 0 N–H and O–H groups in total. The Labute approximate surface area is 156 Å². The van der Waals surface area contributed by atoms with E-state index in [-0.39, 0.29) is 23.5 Å². The van der Waals surface area contributed by atoms with E-state index in [2.05, 4.69) is 15.9 Å². The Morgan fingerprint density at radius 1 is 1.48 bits per heavy atom. The number of ether oxygens (including phenoxy) is 1.